The van der Waals surface area contributed by atoms with Crippen molar-refractivity contribution in [3.63, 3.8) is 0 Å². The topological polar surface area (TPSA) is 111 Å². The number of hydrogen-bond acceptors (Lipinski definition) is 8. The molecular weight excluding hydrogens is 839 g/mol. The lowest BCUT2D eigenvalue weighted by molar-refractivity contribution is -0.870. The van der Waals surface area contributed by atoms with E-state index >= 15 is 0 Å². The van der Waals surface area contributed by atoms with E-state index in [0.717, 1.165) is 64.2 Å². The van der Waals surface area contributed by atoms with Gasteiger partial charge in [-0.15, -0.1) is 0 Å². The van der Waals surface area contributed by atoms with Gasteiger partial charge < -0.3 is 33.3 Å². The third kappa shape index (κ3) is 51.2. The van der Waals surface area contributed by atoms with E-state index < -0.39 is 24.3 Å². The molecule has 0 aromatic rings. The summed E-state index contributed by atoms with van der Waals surface area (Å²) < 4.78 is 22.6. The van der Waals surface area contributed by atoms with Crippen molar-refractivity contribution in [2.75, 3.05) is 47.5 Å². The van der Waals surface area contributed by atoms with Gasteiger partial charge in [0.2, 0.25) is 0 Å². The number of carbonyl (C=O) groups excluding carboxylic acids is 3. The van der Waals surface area contributed by atoms with E-state index in [0.29, 0.717) is 17.4 Å². The van der Waals surface area contributed by atoms with E-state index in [1.807, 2.05) is 21.1 Å². The largest absolute Gasteiger partial charge is 0.545 e. The first-order valence-corrected chi connectivity index (χ1v) is 28.1. The number of unbranched alkanes of at least 4 members (excludes halogenated alkanes) is 31. The smallest absolute Gasteiger partial charge is 0.306 e. The molecule has 0 aliphatic heterocycles. The molecule has 9 heteroatoms. The maximum atomic E-state index is 12.8. The molecule has 0 fully saturated rings. The van der Waals surface area contributed by atoms with Crippen LogP contribution in [0.15, 0.2) is 36.5 Å². The van der Waals surface area contributed by atoms with Crippen molar-refractivity contribution in [3.8, 4) is 0 Å². The second kappa shape index (κ2) is 49.9. The Balaban J connectivity index is 4.06. The van der Waals surface area contributed by atoms with Crippen LogP contribution in [0.5, 0.6) is 0 Å². The third-order valence-corrected chi connectivity index (χ3v) is 12.4. The normalized spacial score (nSPS) is 13.0. The van der Waals surface area contributed by atoms with Crippen molar-refractivity contribution in [1.82, 2.24) is 0 Å². The summed E-state index contributed by atoms with van der Waals surface area (Å²) >= 11 is 0. The molecule has 0 aromatic heterocycles. The lowest BCUT2D eigenvalue weighted by Gasteiger charge is -2.26. The van der Waals surface area contributed by atoms with Crippen LogP contribution in [0, 0.1) is 0 Å². The number of rotatable bonds is 52. The van der Waals surface area contributed by atoms with Crippen LogP contribution in [-0.4, -0.2) is 82.3 Å². The zero-order chi connectivity index (χ0) is 49.2. The first-order valence-electron chi connectivity index (χ1n) is 28.1. The molecule has 0 saturated carbocycles. The molecule has 9 nitrogen and oxygen atoms in total. The number of aliphatic carboxylic acids is 1. The summed E-state index contributed by atoms with van der Waals surface area (Å²) in [6.45, 7) is 4.71. The van der Waals surface area contributed by atoms with E-state index in [1.165, 1.54) is 161 Å². The molecule has 0 spiro atoms. The first kappa shape index (κ1) is 64.5. The lowest BCUT2D eigenvalue weighted by atomic mass is 10.0. The SMILES string of the molecule is CCCC/C=C\CCCCCCCC(=O)OCC(COC(OCC[N+](C)(C)C)C(=O)[O-])OC(=O)CCCCCCCCCCCCCCCCCCCCC/C=C\C/C=C\CCCCCCC. The molecule has 0 heterocycles. The van der Waals surface area contributed by atoms with Crippen molar-refractivity contribution in [1.29, 1.82) is 0 Å². The number of allylic oxidation sites excluding steroid dienone is 6. The van der Waals surface area contributed by atoms with Gasteiger partial charge >= 0.3 is 11.9 Å². The summed E-state index contributed by atoms with van der Waals surface area (Å²) in [5.74, 6) is -2.29. The summed E-state index contributed by atoms with van der Waals surface area (Å²) in [6.07, 6.45) is 56.4. The molecule has 0 aliphatic rings. The molecule has 2 atom stereocenters. The number of ether oxygens (including phenoxy) is 4. The van der Waals surface area contributed by atoms with E-state index in [4.69, 9.17) is 18.9 Å². The Kier molecular flexibility index (Phi) is 48.1. The van der Waals surface area contributed by atoms with Crippen molar-refractivity contribution < 1.29 is 42.9 Å². The Labute approximate surface area is 413 Å². The highest BCUT2D eigenvalue weighted by molar-refractivity contribution is 5.70. The standard InChI is InChI=1S/C58H107NO8/c1-6-8-10-12-14-16-18-19-20-21-22-23-24-25-26-27-28-29-30-31-32-33-34-35-36-37-39-41-43-45-47-49-56(61)67-54(53-66-58(57(62)63)64-51-50-59(3,4)5)52-65-55(60)48-46-44-42-40-38-17-15-13-11-9-7-2/h13,15,18-19,21-22,54,58H,6-12,14,16-17,20,23-53H2,1-5H3/b15-13-,19-18-,22-21-. The Morgan fingerprint density at radius 3 is 1.24 bits per heavy atom. The Morgan fingerprint density at radius 1 is 0.448 bits per heavy atom. The number of hydrogen-bond donors (Lipinski definition) is 0. The van der Waals surface area contributed by atoms with Gasteiger partial charge in [-0.2, -0.15) is 0 Å². The fourth-order valence-corrected chi connectivity index (χ4v) is 7.96. The fraction of sp³-hybridized carbons (Fsp3) is 0.845. The van der Waals surface area contributed by atoms with Crippen LogP contribution in [0.25, 0.3) is 0 Å². The van der Waals surface area contributed by atoms with Gasteiger partial charge in [0.25, 0.3) is 0 Å². The highest BCUT2D eigenvalue weighted by atomic mass is 16.7. The van der Waals surface area contributed by atoms with Crippen LogP contribution in [0.2, 0.25) is 0 Å². The molecule has 0 amide bonds. The average molecular weight is 946 g/mol. The second-order valence-electron chi connectivity index (χ2n) is 20.2. The van der Waals surface area contributed by atoms with Crippen LogP contribution in [0.4, 0.5) is 0 Å². The monoisotopic (exact) mass is 946 g/mol. The zero-order valence-electron chi connectivity index (χ0n) is 44.5. The van der Waals surface area contributed by atoms with Crippen molar-refractivity contribution in [2.24, 2.45) is 0 Å². The van der Waals surface area contributed by atoms with E-state index in [9.17, 15) is 19.5 Å². The van der Waals surface area contributed by atoms with E-state index in [2.05, 4.69) is 50.3 Å². The molecule has 0 radical (unpaired) electrons. The van der Waals surface area contributed by atoms with Crippen LogP contribution >= 0.6 is 0 Å². The number of likely N-dealkylation sites (N-methyl/N-ethyl adjacent to an activating group) is 1. The van der Waals surface area contributed by atoms with Gasteiger partial charge in [0.1, 0.15) is 13.2 Å². The quantitative estimate of drug-likeness (QED) is 0.0195. The second-order valence-corrected chi connectivity index (χ2v) is 20.2. The van der Waals surface area contributed by atoms with Crippen LogP contribution < -0.4 is 5.11 Å². The summed E-state index contributed by atoms with van der Waals surface area (Å²) in [4.78, 5) is 37.1. The maximum absolute atomic E-state index is 12.8. The highest BCUT2D eigenvalue weighted by Crippen LogP contribution is 2.16. The number of esters is 2. The first-order chi connectivity index (χ1) is 32.6. The highest BCUT2D eigenvalue weighted by Gasteiger charge is 2.22. The van der Waals surface area contributed by atoms with Gasteiger partial charge in [-0.25, -0.2) is 0 Å². The lowest BCUT2D eigenvalue weighted by Crippen LogP contribution is -2.44. The molecule has 392 valence electrons. The van der Waals surface area contributed by atoms with Gasteiger partial charge in [0.15, 0.2) is 12.4 Å². The molecule has 0 bridgehead atoms. The van der Waals surface area contributed by atoms with Gasteiger partial charge in [-0.1, -0.05) is 217 Å². The van der Waals surface area contributed by atoms with Gasteiger partial charge in [0.05, 0.1) is 40.3 Å². The minimum atomic E-state index is -1.62. The molecule has 0 rings (SSSR count). The van der Waals surface area contributed by atoms with Gasteiger partial charge in [-0.3, -0.25) is 9.59 Å². The minimum absolute atomic E-state index is 0.148. The van der Waals surface area contributed by atoms with E-state index in [1.54, 1.807) is 0 Å². The molecule has 67 heavy (non-hydrogen) atoms. The van der Waals surface area contributed by atoms with Gasteiger partial charge in [-0.05, 0) is 64.2 Å². The number of nitrogens with zero attached hydrogens (tertiary/aromatic N) is 1. The molecule has 0 aromatic carbocycles. The average Bonchev–Trinajstić information content (AvgIpc) is 3.29. The zero-order valence-corrected chi connectivity index (χ0v) is 44.5. The van der Waals surface area contributed by atoms with Crippen LogP contribution in [-0.2, 0) is 33.3 Å². The fourth-order valence-electron chi connectivity index (χ4n) is 7.96. The molecule has 2 unspecified atom stereocenters. The Morgan fingerprint density at radius 2 is 0.821 bits per heavy atom. The third-order valence-electron chi connectivity index (χ3n) is 12.4. The molecule has 0 saturated heterocycles. The summed E-state index contributed by atoms with van der Waals surface area (Å²) in [6, 6.07) is 0. The predicted molar refractivity (Wildman–Crippen MR) is 279 cm³/mol. The molecule has 0 N–H and O–H groups in total. The van der Waals surface area contributed by atoms with Crippen molar-refractivity contribution in [3.05, 3.63) is 36.5 Å². The maximum Gasteiger partial charge on any atom is 0.306 e. The van der Waals surface area contributed by atoms with Crippen LogP contribution in [0.1, 0.15) is 258 Å². The van der Waals surface area contributed by atoms with Crippen molar-refractivity contribution in [2.45, 2.75) is 270 Å². The minimum Gasteiger partial charge on any atom is -0.545 e. The number of carbonyl (C=O) groups is 3. The number of carboxylic acids is 1. The van der Waals surface area contributed by atoms with E-state index in [-0.39, 0.29) is 38.6 Å². The molecular formula is C58H107NO8. The van der Waals surface area contributed by atoms with Gasteiger partial charge in [0, 0.05) is 12.8 Å². The summed E-state index contributed by atoms with van der Waals surface area (Å²) in [5, 5.41) is 11.7. The van der Waals surface area contributed by atoms with Crippen molar-refractivity contribution >= 4 is 17.9 Å². The molecule has 0 aliphatic carbocycles. The Hall–Kier alpha value is -2.49. The number of carboxylic acid groups (broad SMARTS) is 1. The Bertz CT molecular complexity index is 1190. The number of quaternary nitrogens is 1. The summed E-state index contributed by atoms with van der Waals surface area (Å²) in [5.41, 5.74) is 0. The summed E-state index contributed by atoms with van der Waals surface area (Å²) in [7, 11) is 5.92. The predicted octanol–water partition coefficient (Wildman–Crippen LogP) is 14.8. The van der Waals surface area contributed by atoms with Crippen LogP contribution in [0.3, 0.4) is 0 Å².